The molecule has 0 aliphatic rings. The summed E-state index contributed by atoms with van der Waals surface area (Å²) in [7, 11) is 2.96. The minimum absolute atomic E-state index is 0.397. The molecule has 1 aromatic heterocycles. The molecule has 5 nitrogen and oxygen atoms in total. The number of aryl methyl sites for hydroxylation is 1. The predicted molar refractivity (Wildman–Crippen MR) is 82.8 cm³/mol. The van der Waals surface area contributed by atoms with Gasteiger partial charge >= 0.3 is 5.97 Å². The van der Waals surface area contributed by atoms with Crippen LogP contribution in [0.4, 0.5) is 5.69 Å². The number of benzene rings is 1. The fraction of sp³-hybridized carbons (Fsp3) is 0.267. The monoisotopic (exact) mass is 353 g/mol. The summed E-state index contributed by atoms with van der Waals surface area (Å²) < 4.78 is 16.3. The van der Waals surface area contributed by atoms with Crippen molar-refractivity contribution < 1.29 is 18.7 Å². The van der Waals surface area contributed by atoms with E-state index in [4.69, 9.17) is 9.15 Å². The zero-order chi connectivity index (χ0) is 15.4. The summed E-state index contributed by atoms with van der Waals surface area (Å²) >= 11 is 3.43. The second-order valence-electron chi connectivity index (χ2n) is 4.45. The zero-order valence-corrected chi connectivity index (χ0v) is 13.6. The maximum atomic E-state index is 11.4. The third kappa shape index (κ3) is 3.58. The van der Waals surface area contributed by atoms with Crippen molar-refractivity contribution in [2.75, 3.05) is 19.5 Å². The van der Waals surface area contributed by atoms with Gasteiger partial charge in [0.1, 0.15) is 17.8 Å². The maximum absolute atomic E-state index is 11.4. The summed E-state index contributed by atoms with van der Waals surface area (Å²) in [6, 6.07) is 5.53. The van der Waals surface area contributed by atoms with E-state index in [0.29, 0.717) is 17.9 Å². The fourth-order valence-electron chi connectivity index (χ4n) is 1.97. The van der Waals surface area contributed by atoms with Crippen molar-refractivity contribution in [3.63, 3.8) is 0 Å². The lowest BCUT2D eigenvalue weighted by molar-refractivity contribution is 0.0600. The van der Waals surface area contributed by atoms with E-state index in [1.165, 1.54) is 13.4 Å². The number of carbonyl (C=O) groups is 1. The number of ether oxygens (including phenoxy) is 2. The van der Waals surface area contributed by atoms with E-state index >= 15 is 0 Å². The molecule has 0 atom stereocenters. The van der Waals surface area contributed by atoms with E-state index in [-0.39, 0.29) is 0 Å². The summed E-state index contributed by atoms with van der Waals surface area (Å²) in [5, 5.41) is 3.25. The molecule has 0 aliphatic heterocycles. The summed E-state index contributed by atoms with van der Waals surface area (Å²) in [5.41, 5.74) is 2.33. The molecule has 0 bridgehead atoms. The second kappa shape index (κ2) is 6.67. The zero-order valence-electron chi connectivity index (χ0n) is 12.0. The van der Waals surface area contributed by atoms with Crippen LogP contribution in [-0.2, 0) is 11.3 Å². The van der Waals surface area contributed by atoms with Crippen LogP contribution in [-0.4, -0.2) is 20.2 Å². The van der Waals surface area contributed by atoms with Crippen LogP contribution >= 0.6 is 15.9 Å². The Hall–Kier alpha value is -1.95. The van der Waals surface area contributed by atoms with Crippen molar-refractivity contribution >= 4 is 27.6 Å². The predicted octanol–water partition coefficient (Wildman–Crippen LogP) is 3.76. The lowest BCUT2D eigenvalue weighted by Gasteiger charge is -2.13. The number of methoxy groups -OCH3 is 2. The lowest BCUT2D eigenvalue weighted by Crippen LogP contribution is -2.03. The molecule has 6 heteroatoms. The number of hydrogen-bond acceptors (Lipinski definition) is 5. The van der Waals surface area contributed by atoms with E-state index < -0.39 is 5.97 Å². The molecule has 21 heavy (non-hydrogen) atoms. The van der Waals surface area contributed by atoms with Crippen molar-refractivity contribution in [2.45, 2.75) is 13.5 Å². The number of carbonyl (C=O) groups excluding carboxylic acids is 1. The highest BCUT2D eigenvalue weighted by Crippen LogP contribution is 2.32. The van der Waals surface area contributed by atoms with Gasteiger partial charge < -0.3 is 19.2 Å². The largest absolute Gasteiger partial charge is 0.495 e. The summed E-state index contributed by atoms with van der Waals surface area (Å²) in [6.45, 7) is 2.42. The standard InChI is InChI=1S/C15H16BrNO4/c1-9-4-11(16)6-13(19-2)14(9)17-7-12-5-10(8-21-12)15(18)20-3/h4-6,8,17H,7H2,1-3H3. The first kappa shape index (κ1) is 15.4. The van der Waals surface area contributed by atoms with Crippen LogP contribution in [0.15, 0.2) is 33.4 Å². The topological polar surface area (TPSA) is 60.7 Å². The molecule has 1 heterocycles. The first-order chi connectivity index (χ1) is 10.0. The number of halogens is 1. The molecular formula is C15H16BrNO4. The van der Waals surface area contributed by atoms with Gasteiger partial charge in [-0.25, -0.2) is 4.79 Å². The van der Waals surface area contributed by atoms with Gasteiger partial charge in [-0.05, 0) is 30.7 Å². The van der Waals surface area contributed by atoms with Gasteiger partial charge in [-0.3, -0.25) is 0 Å². The molecule has 0 amide bonds. The molecule has 0 radical (unpaired) electrons. The first-order valence-electron chi connectivity index (χ1n) is 6.29. The van der Waals surface area contributed by atoms with Crippen LogP contribution in [0.1, 0.15) is 21.7 Å². The summed E-state index contributed by atoms with van der Waals surface area (Å²) in [5.74, 6) is 0.962. The van der Waals surface area contributed by atoms with Gasteiger partial charge in [0.25, 0.3) is 0 Å². The average molecular weight is 354 g/mol. The highest BCUT2D eigenvalue weighted by atomic mass is 79.9. The van der Waals surface area contributed by atoms with Crippen molar-refractivity contribution in [3.05, 3.63) is 45.8 Å². The Bertz CT molecular complexity index is 651. The lowest BCUT2D eigenvalue weighted by atomic mass is 10.2. The number of furan rings is 1. The molecule has 2 aromatic rings. The van der Waals surface area contributed by atoms with Crippen molar-refractivity contribution in [3.8, 4) is 5.75 Å². The van der Waals surface area contributed by atoms with Crippen molar-refractivity contribution in [2.24, 2.45) is 0 Å². The van der Waals surface area contributed by atoms with Gasteiger partial charge in [-0.1, -0.05) is 15.9 Å². The van der Waals surface area contributed by atoms with Crippen molar-refractivity contribution in [1.29, 1.82) is 0 Å². The molecule has 1 N–H and O–H groups in total. The number of esters is 1. The second-order valence-corrected chi connectivity index (χ2v) is 5.36. The normalized spacial score (nSPS) is 10.3. The Morgan fingerprint density at radius 2 is 2.10 bits per heavy atom. The molecule has 0 unspecified atom stereocenters. The third-order valence-corrected chi connectivity index (χ3v) is 3.46. The number of hydrogen-bond donors (Lipinski definition) is 1. The quantitative estimate of drug-likeness (QED) is 0.829. The van der Waals surface area contributed by atoms with Gasteiger partial charge in [0.15, 0.2) is 0 Å². The van der Waals surface area contributed by atoms with E-state index in [0.717, 1.165) is 21.5 Å². The van der Waals surface area contributed by atoms with Crippen LogP contribution in [0.3, 0.4) is 0 Å². The Morgan fingerprint density at radius 3 is 2.76 bits per heavy atom. The fourth-order valence-corrected chi connectivity index (χ4v) is 2.52. The first-order valence-corrected chi connectivity index (χ1v) is 7.08. The maximum Gasteiger partial charge on any atom is 0.341 e. The van der Waals surface area contributed by atoms with Gasteiger partial charge in [0, 0.05) is 4.47 Å². The third-order valence-electron chi connectivity index (χ3n) is 3.00. The Kier molecular flexibility index (Phi) is 4.90. The molecule has 0 spiro atoms. The highest BCUT2D eigenvalue weighted by Gasteiger charge is 2.12. The molecule has 0 fully saturated rings. The number of nitrogens with one attached hydrogen (secondary N) is 1. The molecule has 0 aliphatic carbocycles. The van der Waals surface area contributed by atoms with Crippen LogP contribution in [0.5, 0.6) is 5.75 Å². The Labute approximate surface area is 131 Å². The van der Waals surface area contributed by atoms with Crippen molar-refractivity contribution in [1.82, 2.24) is 0 Å². The SMILES string of the molecule is COC(=O)c1coc(CNc2c(C)cc(Br)cc2OC)c1. The smallest absolute Gasteiger partial charge is 0.341 e. The highest BCUT2D eigenvalue weighted by molar-refractivity contribution is 9.10. The van der Waals surface area contributed by atoms with Crippen LogP contribution in [0.2, 0.25) is 0 Å². The Morgan fingerprint density at radius 1 is 1.33 bits per heavy atom. The number of anilines is 1. The van der Waals surface area contributed by atoms with E-state index in [2.05, 4.69) is 26.0 Å². The summed E-state index contributed by atoms with van der Waals surface area (Å²) in [6.07, 6.45) is 1.38. The van der Waals surface area contributed by atoms with Gasteiger partial charge in [-0.15, -0.1) is 0 Å². The Balaban J connectivity index is 2.13. The van der Waals surface area contributed by atoms with E-state index in [1.54, 1.807) is 13.2 Å². The van der Waals surface area contributed by atoms with Gasteiger partial charge in [0.2, 0.25) is 0 Å². The van der Waals surface area contributed by atoms with E-state index in [1.807, 2.05) is 19.1 Å². The minimum Gasteiger partial charge on any atom is -0.495 e. The molecule has 0 saturated carbocycles. The average Bonchev–Trinajstić information content (AvgIpc) is 2.93. The van der Waals surface area contributed by atoms with E-state index in [9.17, 15) is 4.79 Å². The van der Waals surface area contributed by atoms with Crippen LogP contribution < -0.4 is 10.1 Å². The molecule has 112 valence electrons. The molecule has 2 rings (SSSR count). The number of rotatable bonds is 5. The molecule has 0 saturated heterocycles. The van der Waals surface area contributed by atoms with Gasteiger partial charge in [-0.2, -0.15) is 0 Å². The van der Waals surface area contributed by atoms with Gasteiger partial charge in [0.05, 0.1) is 32.0 Å². The van der Waals surface area contributed by atoms with Crippen LogP contribution in [0.25, 0.3) is 0 Å². The summed E-state index contributed by atoms with van der Waals surface area (Å²) in [4.78, 5) is 11.4. The minimum atomic E-state index is -0.414. The van der Waals surface area contributed by atoms with Crippen LogP contribution in [0, 0.1) is 6.92 Å². The molecule has 1 aromatic carbocycles. The molecular weight excluding hydrogens is 338 g/mol.